The van der Waals surface area contributed by atoms with Crippen LogP contribution >= 0.6 is 0 Å². The molecule has 0 aromatic rings. The minimum absolute atomic E-state index is 0.0363. The second kappa shape index (κ2) is 49.4. The van der Waals surface area contributed by atoms with Crippen LogP contribution in [-0.4, -0.2) is 47.1 Å². The fourth-order valence-corrected chi connectivity index (χ4v) is 8.61. The Balaban J connectivity index is 4.37. The number of allylic oxidation sites excluding steroid dienone is 6. The number of carbonyl (C=O) groups excluding carboxylic acids is 3. The number of ketones is 2. The van der Waals surface area contributed by atoms with Gasteiger partial charge in [0.2, 0.25) is 0 Å². The summed E-state index contributed by atoms with van der Waals surface area (Å²) in [5.41, 5.74) is 0. The van der Waals surface area contributed by atoms with Gasteiger partial charge in [-0.3, -0.25) is 14.4 Å². The number of ether oxygens (including phenoxy) is 1. The average molecular weight is 885 g/mol. The molecule has 6 heteroatoms. The Labute approximate surface area is 390 Å². The lowest BCUT2D eigenvalue weighted by Crippen LogP contribution is -2.22. The highest BCUT2D eigenvalue weighted by molar-refractivity contribution is 5.81. The van der Waals surface area contributed by atoms with Crippen molar-refractivity contribution in [2.45, 2.75) is 284 Å². The smallest absolute Gasteiger partial charge is 0.305 e. The minimum atomic E-state index is -1.05. The monoisotopic (exact) mass is 885 g/mol. The van der Waals surface area contributed by atoms with E-state index in [1.165, 1.54) is 141 Å². The topological polar surface area (TPSA) is 101 Å². The first-order chi connectivity index (χ1) is 30.9. The number of hydrogen-bond donors (Lipinski definition) is 2. The van der Waals surface area contributed by atoms with Gasteiger partial charge >= 0.3 is 5.97 Å². The first-order valence-electron chi connectivity index (χ1n) is 27.3. The van der Waals surface area contributed by atoms with Crippen LogP contribution < -0.4 is 0 Å². The first-order valence-corrected chi connectivity index (χ1v) is 27.3. The maximum Gasteiger partial charge on any atom is 0.305 e. The molecule has 0 rings (SSSR count). The molecule has 0 bridgehead atoms. The standard InChI is InChI=1S/C57H104O6/c1-4-7-9-11-13-15-17-19-21-23-25-27-32-36-40-47-55(60)52(43-6-3)44-38-34-30-29-31-35-39-45-53(46-42-49-57(62)63-51-54(59)50-58)56(61)48-41-37-33-28-26-24-22-20-18-16-14-12-10-8-5-2/h19-22,29,31,52-54,58-59H,4-18,23-28,30,32-51H2,1-3H3. The van der Waals surface area contributed by atoms with Gasteiger partial charge in [-0.2, -0.15) is 0 Å². The van der Waals surface area contributed by atoms with E-state index >= 15 is 0 Å². The summed E-state index contributed by atoms with van der Waals surface area (Å²) in [6.07, 6.45) is 57.7. The van der Waals surface area contributed by atoms with Crippen LogP contribution in [0, 0.1) is 11.8 Å². The largest absolute Gasteiger partial charge is 0.463 e. The van der Waals surface area contributed by atoms with Crippen molar-refractivity contribution >= 4 is 17.5 Å². The molecule has 0 saturated heterocycles. The van der Waals surface area contributed by atoms with Crippen LogP contribution in [0.25, 0.3) is 0 Å². The molecule has 2 N–H and O–H groups in total. The van der Waals surface area contributed by atoms with Crippen molar-refractivity contribution in [1.29, 1.82) is 0 Å². The molecule has 0 amide bonds. The number of carbonyl (C=O) groups is 3. The van der Waals surface area contributed by atoms with Gasteiger partial charge in [-0.05, 0) is 122 Å². The van der Waals surface area contributed by atoms with E-state index in [9.17, 15) is 19.5 Å². The minimum Gasteiger partial charge on any atom is -0.463 e. The van der Waals surface area contributed by atoms with Crippen LogP contribution in [-0.2, 0) is 19.1 Å². The van der Waals surface area contributed by atoms with Gasteiger partial charge in [0.1, 0.15) is 24.3 Å². The summed E-state index contributed by atoms with van der Waals surface area (Å²) in [6.45, 7) is 6.10. The zero-order valence-corrected chi connectivity index (χ0v) is 41.9. The van der Waals surface area contributed by atoms with Crippen molar-refractivity contribution in [3.8, 4) is 0 Å². The number of Topliss-reactive ketones (excluding diaryl/α,β-unsaturated/α-hetero) is 2. The molecule has 0 aromatic carbocycles. The fraction of sp³-hybridized carbons (Fsp3) is 0.842. The molecule has 6 nitrogen and oxygen atoms in total. The van der Waals surface area contributed by atoms with Crippen LogP contribution in [0.1, 0.15) is 278 Å². The predicted molar refractivity (Wildman–Crippen MR) is 270 cm³/mol. The van der Waals surface area contributed by atoms with Gasteiger partial charge < -0.3 is 14.9 Å². The van der Waals surface area contributed by atoms with Crippen LogP contribution in [0.5, 0.6) is 0 Å². The van der Waals surface area contributed by atoms with Crippen LogP contribution in [0.3, 0.4) is 0 Å². The molecule has 368 valence electrons. The SMILES string of the molecule is CCCCCCCCC=CCCCCCCCC(=O)C(CCC)CCCCC=CCCCC(CCCC(=O)OCC(O)CO)C(=O)CCCCCCCC=CCCCCCCCC. The van der Waals surface area contributed by atoms with E-state index in [1.54, 1.807) is 0 Å². The summed E-state index contributed by atoms with van der Waals surface area (Å²) in [6, 6.07) is 0. The zero-order chi connectivity index (χ0) is 46.1. The molecule has 0 aliphatic rings. The Morgan fingerprint density at radius 1 is 0.397 bits per heavy atom. The van der Waals surface area contributed by atoms with Crippen molar-refractivity contribution in [3.63, 3.8) is 0 Å². The lowest BCUT2D eigenvalue weighted by atomic mass is 9.89. The van der Waals surface area contributed by atoms with Gasteiger partial charge in [-0.1, -0.05) is 173 Å². The van der Waals surface area contributed by atoms with E-state index in [1.807, 2.05) is 0 Å². The van der Waals surface area contributed by atoms with Gasteiger partial charge in [-0.15, -0.1) is 0 Å². The van der Waals surface area contributed by atoms with Crippen molar-refractivity contribution in [2.24, 2.45) is 11.8 Å². The lowest BCUT2D eigenvalue weighted by molar-refractivity contribution is -0.147. The molecule has 0 radical (unpaired) electrons. The molecule has 0 aliphatic carbocycles. The third-order valence-corrected chi connectivity index (χ3v) is 12.8. The molecule has 3 unspecified atom stereocenters. The Bertz CT molecular complexity index is 1090. The number of esters is 1. The summed E-state index contributed by atoms with van der Waals surface area (Å²) in [4.78, 5) is 38.6. The third kappa shape index (κ3) is 43.6. The van der Waals surface area contributed by atoms with Crippen molar-refractivity contribution in [2.75, 3.05) is 13.2 Å². The van der Waals surface area contributed by atoms with Gasteiger partial charge in [0.15, 0.2) is 0 Å². The van der Waals surface area contributed by atoms with E-state index in [0.717, 1.165) is 89.9 Å². The Morgan fingerprint density at radius 3 is 1.17 bits per heavy atom. The Morgan fingerprint density at radius 2 is 0.746 bits per heavy atom. The summed E-state index contributed by atoms with van der Waals surface area (Å²) >= 11 is 0. The maximum atomic E-state index is 13.3. The highest BCUT2D eigenvalue weighted by Gasteiger charge is 2.19. The number of aliphatic hydroxyl groups is 2. The van der Waals surface area contributed by atoms with E-state index in [-0.39, 0.29) is 24.9 Å². The number of rotatable bonds is 50. The highest BCUT2D eigenvalue weighted by Crippen LogP contribution is 2.23. The number of unbranched alkanes of at least 4 members (excludes halogenated alkanes) is 25. The number of hydrogen-bond acceptors (Lipinski definition) is 6. The Hall–Kier alpha value is -2.05. The van der Waals surface area contributed by atoms with Crippen molar-refractivity contribution in [3.05, 3.63) is 36.5 Å². The second-order valence-electron chi connectivity index (χ2n) is 18.9. The molecule has 0 fully saturated rings. The molecular weight excluding hydrogens is 781 g/mol. The second-order valence-corrected chi connectivity index (χ2v) is 18.9. The highest BCUT2D eigenvalue weighted by atomic mass is 16.5. The van der Waals surface area contributed by atoms with E-state index in [2.05, 4.69) is 57.2 Å². The molecule has 3 atom stereocenters. The molecular formula is C57H104O6. The normalized spacial score (nSPS) is 13.4. The summed E-state index contributed by atoms with van der Waals surface area (Å²) in [5, 5.41) is 18.5. The zero-order valence-electron chi connectivity index (χ0n) is 41.9. The van der Waals surface area contributed by atoms with Crippen LogP contribution in [0.15, 0.2) is 36.5 Å². The van der Waals surface area contributed by atoms with Crippen molar-refractivity contribution in [1.82, 2.24) is 0 Å². The van der Waals surface area contributed by atoms with Gasteiger partial charge in [-0.25, -0.2) is 0 Å². The molecule has 63 heavy (non-hydrogen) atoms. The summed E-state index contributed by atoms with van der Waals surface area (Å²) in [5.74, 6) is 0.618. The molecule has 0 heterocycles. The van der Waals surface area contributed by atoms with Crippen LogP contribution in [0.4, 0.5) is 0 Å². The lowest BCUT2D eigenvalue weighted by Gasteiger charge is -2.16. The van der Waals surface area contributed by atoms with E-state index in [0.29, 0.717) is 30.8 Å². The Kier molecular flexibility index (Phi) is 47.8. The van der Waals surface area contributed by atoms with Crippen molar-refractivity contribution < 1.29 is 29.3 Å². The first kappa shape index (κ1) is 60.9. The summed E-state index contributed by atoms with van der Waals surface area (Å²) in [7, 11) is 0. The third-order valence-electron chi connectivity index (χ3n) is 12.8. The molecule has 0 aliphatic heterocycles. The molecule has 0 spiro atoms. The number of aliphatic hydroxyl groups excluding tert-OH is 2. The average Bonchev–Trinajstić information content (AvgIpc) is 3.28. The van der Waals surface area contributed by atoms with E-state index < -0.39 is 18.7 Å². The molecule has 0 saturated carbocycles. The predicted octanol–water partition coefficient (Wildman–Crippen LogP) is 16.6. The maximum absolute atomic E-state index is 13.3. The van der Waals surface area contributed by atoms with Gasteiger partial charge in [0.25, 0.3) is 0 Å². The fourth-order valence-electron chi connectivity index (χ4n) is 8.61. The quantitative estimate of drug-likeness (QED) is 0.0358. The van der Waals surface area contributed by atoms with E-state index in [4.69, 9.17) is 9.84 Å². The molecule has 0 aromatic heterocycles. The van der Waals surface area contributed by atoms with Crippen LogP contribution in [0.2, 0.25) is 0 Å². The van der Waals surface area contributed by atoms with Gasteiger partial charge in [0.05, 0.1) is 6.61 Å². The summed E-state index contributed by atoms with van der Waals surface area (Å²) < 4.78 is 5.07. The van der Waals surface area contributed by atoms with Gasteiger partial charge in [0, 0.05) is 31.1 Å².